The van der Waals surface area contributed by atoms with Crippen LogP contribution in [0.4, 0.5) is 0 Å². The average Bonchev–Trinajstić information content (AvgIpc) is 2.71. The van der Waals surface area contributed by atoms with Crippen molar-refractivity contribution in [2.75, 3.05) is 19.4 Å². The zero-order chi connectivity index (χ0) is 20.4. The van der Waals surface area contributed by atoms with E-state index in [1.54, 1.807) is 0 Å². The van der Waals surface area contributed by atoms with Crippen LogP contribution < -0.4 is 4.72 Å². The van der Waals surface area contributed by atoms with Crippen LogP contribution in [0.15, 0.2) is 24.3 Å². The molecule has 0 radical (unpaired) electrons. The van der Waals surface area contributed by atoms with Crippen molar-refractivity contribution in [3.05, 3.63) is 35.4 Å². The van der Waals surface area contributed by atoms with Gasteiger partial charge >= 0.3 is 0 Å². The molecular weight excluding hydrogens is 388 g/mol. The van der Waals surface area contributed by atoms with Gasteiger partial charge in [-0.25, -0.2) is 13.1 Å². The zero-order valence-corrected chi connectivity index (χ0v) is 18.0. The highest BCUT2D eigenvalue weighted by Gasteiger charge is 2.37. The van der Waals surface area contributed by atoms with Crippen molar-refractivity contribution in [1.29, 1.82) is 0 Å². The van der Waals surface area contributed by atoms with E-state index in [9.17, 15) is 13.2 Å². The number of amides is 1. The maximum atomic E-state index is 13.1. The maximum Gasteiger partial charge on any atom is 0.223 e. The van der Waals surface area contributed by atoms with Crippen molar-refractivity contribution in [1.82, 2.24) is 9.62 Å². The quantitative estimate of drug-likeness (QED) is 0.798. The number of fused-ring (bicyclic) bond motifs is 5. The van der Waals surface area contributed by atoms with Crippen molar-refractivity contribution < 1.29 is 17.9 Å². The predicted molar refractivity (Wildman–Crippen MR) is 112 cm³/mol. The largest absolute Gasteiger partial charge is 0.376 e. The topological polar surface area (TPSA) is 75.7 Å². The van der Waals surface area contributed by atoms with E-state index in [0.29, 0.717) is 25.5 Å². The summed E-state index contributed by atoms with van der Waals surface area (Å²) in [6, 6.07) is 8.03. The first kappa shape index (κ1) is 20.8. The number of aryl methyl sites for hydroxylation is 1. The van der Waals surface area contributed by atoms with E-state index in [1.807, 2.05) is 4.90 Å². The number of ether oxygens (including phenoxy) is 1. The lowest BCUT2D eigenvalue weighted by molar-refractivity contribution is -0.138. The summed E-state index contributed by atoms with van der Waals surface area (Å²) in [5, 5.41) is 0. The molecule has 0 unspecified atom stereocenters. The summed E-state index contributed by atoms with van der Waals surface area (Å²) in [6.45, 7) is 1.07. The monoisotopic (exact) mass is 420 g/mol. The van der Waals surface area contributed by atoms with Gasteiger partial charge in [0, 0.05) is 19.0 Å². The summed E-state index contributed by atoms with van der Waals surface area (Å²) < 4.78 is 32.8. The molecule has 1 aliphatic carbocycles. The molecule has 1 amide bonds. The molecule has 1 saturated heterocycles. The Morgan fingerprint density at radius 1 is 1.07 bits per heavy atom. The molecule has 1 aromatic rings. The Kier molecular flexibility index (Phi) is 6.27. The second-order valence-corrected chi connectivity index (χ2v) is 10.6. The number of nitrogens with zero attached hydrogens (tertiary/aromatic N) is 1. The van der Waals surface area contributed by atoms with Gasteiger partial charge in [-0.3, -0.25) is 4.79 Å². The van der Waals surface area contributed by atoms with Gasteiger partial charge in [0.25, 0.3) is 0 Å². The van der Waals surface area contributed by atoms with E-state index < -0.39 is 10.0 Å². The summed E-state index contributed by atoms with van der Waals surface area (Å²) in [7, 11) is -3.34. The minimum atomic E-state index is -3.34. The molecule has 1 aromatic carbocycles. The van der Waals surface area contributed by atoms with Crippen LogP contribution in [-0.4, -0.2) is 56.8 Å². The number of piperidine rings is 1. The Morgan fingerprint density at radius 2 is 1.83 bits per heavy atom. The minimum absolute atomic E-state index is 0.0972. The second-order valence-electron chi connectivity index (χ2n) is 8.80. The lowest BCUT2D eigenvalue weighted by atomic mass is 9.80. The number of hydrogen-bond donors (Lipinski definition) is 1. The number of carbonyl (C=O) groups is 1. The van der Waals surface area contributed by atoms with Crippen molar-refractivity contribution in [2.45, 2.75) is 75.5 Å². The third kappa shape index (κ3) is 5.01. The highest BCUT2D eigenvalue weighted by Crippen LogP contribution is 2.36. The van der Waals surface area contributed by atoms with Crippen LogP contribution in [0, 0.1) is 0 Å². The molecule has 5 rings (SSSR count). The van der Waals surface area contributed by atoms with Gasteiger partial charge in [0.15, 0.2) is 0 Å². The fourth-order valence-corrected chi connectivity index (χ4v) is 6.13. The molecule has 1 N–H and O–H groups in total. The molecule has 4 aliphatic rings. The smallest absolute Gasteiger partial charge is 0.223 e. The van der Waals surface area contributed by atoms with Crippen LogP contribution in [0.5, 0.6) is 0 Å². The third-order valence-electron chi connectivity index (χ3n) is 6.74. The fourth-order valence-electron chi connectivity index (χ4n) is 5.31. The molecule has 29 heavy (non-hydrogen) atoms. The molecule has 0 aromatic heterocycles. The number of benzene rings is 1. The van der Waals surface area contributed by atoms with Gasteiger partial charge in [-0.05, 0) is 62.0 Å². The van der Waals surface area contributed by atoms with Crippen LogP contribution in [0.1, 0.15) is 62.0 Å². The van der Waals surface area contributed by atoms with Gasteiger partial charge in [0.2, 0.25) is 15.9 Å². The SMILES string of the molecule is CS(=O)(=O)N[C@H]1CCCN2C(=O)CCc3ccccc3C3CCC(CC3)OC[C@@H]12. The summed E-state index contributed by atoms with van der Waals surface area (Å²) in [5.41, 5.74) is 2.67. The second kappa shape index (κ2) is 8.74. The lowest BCUT2D eigenvalue weighted by Gasteiger charge is -2.42. The Balaban J connectivity index is 1.61. The molecular formula is C22H32N2O4S. The minimum Gasteiger partial charge on any atom is -0.376 e. The summed E-state index contributed by atoms with van der Waals surface area (Å²) in [5.74, 6) is 0.643. The Morgan fingerprint density at radius 3 is 2.59 bits per heavy atom. The Bertz CT molecular complexity index is 833. The lowest BCUT2D eigenvalue weighted by Crippen LogP contribution is -2.59. The van der Waals surface area contributed by atoms with E-state index in [4.69, 9.17) is 4.74 Å². The van der Waals surface area contributed by atoms with Gasteiger partial charge < -0.3 is 9.64 Å². The van der Waals surface area contributed by atoms with Crippen molar-refractivity contribution in [2.24, 2.45) is 0 Å². The molecule has 2 bridgehead atoms. The number of hydrogen-bond acceptors (Lipinski definition) is 4. The van der Waals surface area contributed by atoms with Gasteiger partial charge in [-0.15, -0.1) is 0 Å². The molecule has 0 spiro atoms. The number of sulfonamides is 1. The van der Waals surface area contributed by atoms with Crippen LogP contribution in [0.3, 0.4) is 0 Å². The first-order valence-corrected chi connectivity index (χ1v) is 12.8. The Labute approximate surface area is 174 Å². The summed E-state index contributed by atoms with van der Waals surface area (Å²) >= 11 is 0. The first-order valence-electron chi connectivity index (χ1n) is 10.9. The molecule has 7 heteroatoms. The predicted octanol–water partition coefficient (Wildman–Crippen LogP) is 2.58. The third-order valence-corrected chi connectivity index (χ3v) is 7.48. The molecule has 2 atom stereocenters. The molecule has 160 valence electrons. The molecule has 3 aliphatic heterocycles. The standard InChI is InChI=1S/C22H32N2O4S/c1-29(26,27)23-20-7-4-14-24-21(20)15-28-18-11-8-17(9-12-18)19-6-3-2-5-16(19)10-13-22(24)25/h2-3,5-6,17-18,20-21,23H,4,7-15H2,1H3/t17?,18?,20-,21-/m0/s1. The van der Waals surface area contributed by atoms with E-state index in [1.165, 1.54) is 17.4 Å². The fraction of sp³-hybridized carbons (Fsp3) is 0.682. The molecule has 3 heterocycles. The molecule has 6 nitrogen and oxygen atoms in total. The average molecular weight is 421 g/mol. The summed E-state index contributed by atoms with van der Waals surface area (Å²) in [4.78, 5) is 15.0. The molecule has 1 saturated carbocycles. The normalized spacial score (nSPS) is 31.2. The van der Waals surface area contributed by atoms with Gasteiger partial charge in [0.05, 0.1) is 25.0 Å². The highest BCUT2D eigenvalue weighted by molar-refractivity contribution is 7.88. The van der Waals surface area contributed by atoms with Gasteiger partial charge in [-0.2, -0.15) is 0 Å². The van der Waals surface area contributed by atoms with Crippen LogP contribution >= 0.6 is 0 Å². The first-order chi connectivity index (χ1) is 13.9. The van der Waals surface area contributed by atoms with Crippen molar-refractivity contribution >= 4 is 15.9 Å². The van der Waals surface area contributed by atoms with Crippen molar-refractivity contribution in [3.63, 3.8) is 0 Å². The van der Waals surface area contributed by atoms with Crippen LogP contribution in [0.2, 0.25) is 0 Å². The Hall–Kier alpha value is -1.44. The van der Waals surface area contributed by atoms with Gasteiger partial charge in [-0.1, -0.05) is 24.3 Å². The maximum absolute atomic E-state index is 13.1. The van der Waals surface area contributed by atoms with Crippen molar-refractivity contribution in [3.8, 4) is 0 Å². The number of rotatable bonds is 2. The highest BCUT2D eigenvalue weighted by atomic mass is 32.2. The van der Waals surface area contributed by atoms with E-state index >= 15 is 0 Å². The molecule has 2 fully saturated rings. The number of carbonyl (C=O) groups excluding carboxylic acids is 1. The van der Waals surface area contributed by atoms with Gasteiger partial charge in [0.1, 0.15) is 0 Å². The van der Waals surface area contributed by atoms with E-state index in [2.05, 4.69) is 29.0 Å². The zero-order valence-electron chi connectivity index (χ0n) is 17.2. The summed E-state index contributed by atoms with van der Waals surface area (Å²) in [6.07, 6.45) is 8.36. The number of nitrogens with one attached hydrogen (secondary N) is 1. The van der Waals surface area contributed by atoms with E-state index in [-0.39, 0.29) is 24.1 Å². The van der Waals surface area contributed by atoms with Crippen LogP contribution in [0.25, 0.3) is 0 Å². The van der Waals surface area contributed by atoms with Crippen LogP contribution in [-0.2, 0) is 26.0 Å². The van der Waals surface area contributed by atoms with E-state index in [0.717, 1.165) is 44.9 Å².